The van der Waals surface area contributed by atoms with Gasteiger partial charge in [-0.2, -0.15) is 17.5 Å². The molecule has 8 nitrogen and oxygen atoms in total. The molecule has 0 aliphatic carbocycles. The number of halogens is 3. The number of benzene rings is 2. The maximum absolute atomic E-state index is 13.5. The van der Waals surface area contributed by atoms with Gasteiger partial charge in [0.15, 0.2) is 0 Å². The Balaban J connectivity index is 0.000000673. The molecule has 0 unspecified atom stereocenters. The summed E-state index contributed by atoms with van der Waals surface area (Å²) in [6, 6.07) is 17.1. The van der Waals surface area contributed by atoms with Crippen molar-refractivity contribution in [2.75, 3.05) is 39.3 Å². The zero-order chi connectivity index (χ0) is 29.1. The van der Waals surface area contributed by atoms with Crippen LogP contribution >= 0.6 is 0 Å². The number of piperazine rings is 1. The summed E-state index contributed by atoms with van der Waals surface area (Å²) >= 11 is 0. The highest BCUT2D eigenvalue weighted by atomic mass is 32.2. The minimum Gasteiger partial charge on any atom is -0.475 e. The maximum Gasteiger partial charge on any atom is 0.490 e. The van der Waals surface area contributed by atoms with Crippen molar-refractivity contribution < 1.29 is 36.3 Å². The second-order valence-electron chi connectivity index (χ2n) is 9.60. The van der Waals surface area contributed by atoms with Crippen molar-refractivity contribution in [1.82, 2.24) is 14.5 Å². The number of carboxylic acids is 1. The van der Waals surface area contributed by atoms with Gasteiger partial charge in [-0.05, 0) is 48.4 Å². The molecule has 0 aromatic heterocycles. The third kappa shape index (κ3) is 11.0. The molecule has 0 spiro atoms. The van der Waals surface area contributed by atoms with Gasteiger partial charge in [0, 0.05) is 32.7 Å². The van der Waals surface area contributed by atoms with Gasteiger partial charge in [-0.15, -0.1) is 0 Å². The fourth-order valence-electron chi connectivity index (χ4n) is 3.97. The molecule has 1 aliphatic heterocycles. The lowest BCUT2D eigenvalue weighted by Crippen LogP contribution is -2.50. The van der Waals surface area contributed by atoms with Crippen molar-refractivity contribution >= 4 is 21.9 Å². The number of carbonyl (C=O) groups is 2. The largest absolute Gasteiger partial charge is 0.490 e. The molecular weight excluding hydrogens is 535 g/mol. The van der Waals surface area contributed by atoms with Gasteiger partial charge in [-0.25, -0.2) is 13.2 Å². The summed E-state index contributed by atoms with van der Waals surface area (Å²) in [4.78, 5) is 23.8. The number of rotatable bonds is 10. The van der Waals surface area contributed by atoms with Gasteiger partial charge in [0.1, 0.15) is 0 Å². The van der Waals surface area contributed by atoms with Gasteiger partial charge < -0.3 is 15.3 Å². The Morgan fingerprint density at radius 2 is 1.56 bits per heavy atom. The van der Waals surface area contributed by atoms with Crippen molar-refractivity contribution in [3.8, 4) is 0 Å². The van der Waals surface area contributed by atoms with E-state index >= 15 is 0 Å². The van der Waals surface area contributed by atoms with Gasteiger partial charge in [0.2, 0.25) is 15.9 Å². The highest BCUT2D eigenvalue weighted by Crippen LogP contribution is 2.19. The minimum absolute atomic E-state index is 0.120. The van der Waals surface area contributed by atoms with E-state index in [0.717, 1.165) is 37.1 Å². The number of sulfonamides is 1. The second kappa shape index (κ2) is 15.0. The SMILES string of the molecule is CC(C)Cc1ccc(S(=O)(=O)N(CCCc2ccccc2)CC(=O)N2CCNCC2)cc1.O=C(O)C(F)(F)F. The first-order valence-corrected chi connectivity index (χ1v) is 14.2. The molecule has 1 aliphatic rings. The summed E-state index contributed by atoms with van der Waals surface area (Å²) in [5, 5.41) is 10.3. The smallest absolute Gasteiger partial charge is 0.475 e. The van der Waals surface area contributed by atoms with Crippen LogP contribution in [0.4, 0.5) is 13.2 Å². The monoisotopic (exact) mass is 571 g/mol. The Kier molecular flexibility index (Phi) is 12.4. The van der Waals surface area contributed by atoms with Crippen molar-refractivity contribution in [1.29, 1.82) is 0 Å². The Labute approximate surface area is 227 Å². The van der Waals surface area contributed by atoms with Crippen molar-refractivity contribution in [2.45, 2.75) is 44.2 Å². The number of aryl methyl sites for hydroxylation is 1. The molecule has 0 radical (unpaired) electrons. The van der Waals surface area contributed by atoms with E-state index in [2.05, 4.69) is 19.2 Å². The average Bonchev–Trinajstić information content (AvgIpc) is 2.89. The molecule has 1 heterocycles. The molecule has 39 heavy (non-hydrogen) atoms. The summed E-state index contributed by atoms with van der Waals surface area (Å²) < 4.78 is 60.0. The number of nitrogens with one attached hydrogen (secondary N) is 1. The summed E-state index contributed by atoms with van der Waals surface area (Å²) in [7, 11) is -3.76. The molecule has 2 N–H and O–H groups in total. The van der Waals surface area contributed by atoms with E-state index in [0.29, 0.717) is 32.0 Å². The minimum atomic E-state index is -5.08. The van der Waals surface area contributed by atoms with Crippen LogP contribution < -0.4 is 5.32 Å². The van der Waals surface area contributed by atoms with E-state index in [9.17, 15) is 26.4 Å². The number of hydrogen-bond acceptors (Lipinski definition) is 5. The van der Waals surface area contributed by atoms with Crippen molar-refractivity contribution in [3.05, 3.63) is 65.7 Å². The van der Waals surface area contributed by atoms with Crippen LogP contribution in [-0.2, 0) is 32.5 Å². The Morgan fingerprint density at radius 1 is 1.00 bits per heavy atom. The topological polar surface area (TPSA) is 107 Å². The summed E-state index contributed by atoms with van der Waals surface area (Å²) in [6.07, 6.45) is -2.76. The van der Waals surface area contributed by atoms with Crippen LogP contribution in [0, 0.1) is 5.92 Å². The van der Waals surface area contributed by atoms with Crippen LogP contribution in [-0.4, -0.2) is 80.1 Å². The number of alkyl halides is 3. The van der Waals surface area contributed by atoms with Gasteiger partial charge >= 0.3 is 12.1 Å². The van der Waals surface area contributed by atoms with Crippen LogP contribution in [0.1, 0.15) is 31.4 Å². The highest BCUT2D eigenvalue weighted by molar-refractivity contribution is 7.89. The summed E-state index contributed by atoms with van der Waals surface area (Å²) in [5.41, 5.74) is 2.28. The van der Waals surface area contributed by atoms with Crippen molar-refractivity contribution in [3.63, 3.8) is 0 Å². The maximum atomic E-state index is 13.5. The predicted octanol–water partition coefficient (Wildman–Crippen LogP) is 3.57. The van der Waals surface area contributed by atoms with Gasteiger partial charge in [0.05, 0.1) is 11.4 Å². The Morgan fingerprint density at radius 3 is 2.08 bits per heavy atom. The third-order valence-electron chi connectivity index (χ3n) is 5.94. The van der Waals surface area contributed by atoms with Crippen LogP contribution in [0.25, 0.3) is 0 Å². The highest BCUT2D eigenvalue weighted by Gasteiger charge is 2.38. The van der Waals surface area contributed by atoms with E-state index in [1.54, 1.807) is 17.0 Å². The molecule has 1 amide bonds. The van der Waals surface area contributed by atoms with E-state index in [1.807, 2.05) is 42.5 Å². The molecule has 2 aromatic carbocycles. The van der Waals surface area contributed by atoms with E-state index in [-0.39, 0.29) is 17.3 Å². The number of hydrogen-bond donors (Lipinski definition) is 2. The molecule has 0 bridgehead atoms. The van der Waals surface area contributed by atoms with Gasteiger partial charge in [0.25, 0.3) is 0 Å². The normalized spacial score (nSPS) is 14.2. The first-order valence-electron chi connectivity index (χ1n) is 12.7. The number of amides is 1. The molecule has 2 aromatic rings. The van der Waals surface area contributed by atoms with E-state index < -0.39 is 22.2 Å². The number of nitrogens with zero attached hydrogens (tertiary/aromatic N) is 2. The number of carbonyl (C=O) groups excluding carboxylic acids is 1. The standard InChI is InChI=1S/C25H35N3O3S.C2HF3O2/c1-21(2)19-23-10-12-24(13-11-23)32(30,31)28(16-6-9-22-7-4-3-5-8-22)20-25(29)27-17-14-26-15-18-27;3-2(4,5)1(6)7/h3-5,7-8,10-13,21,26H,6,9,14-20H2,1-2H3;(H,6,7). The predicted molar refractivity (Wildman–Crippen MR) is 142 cm³/mol. The van der Waals surface area contributed by atoms with Crippen LogP contribution in [0.2, 0.25) is 0 Å². The van der Waals surface area contributed by atoms with Crippen LogP contribution in [0.3, 0.4) is 0 Å². The fraction of sp³-hybridized carbons (Fsp3) is 0.481. The zero-order valence-corrected chi connectivity index (χ0v) is 23.0. The number of carboxylic acid groups (broad SMARTS) is 1. The fourth-order valence-corrected chi connectivity index (χ4v) is 5.40. The molecule has 1 fully saturated rings. The van der Waals surface area contributed by atoms with E-state index in [4.69, 9.17) is 9.90 Å². The Hall–Kier alpha value is -2.96. The quantitative estimate of drug-likeness (QED) is 0.452. The first-order chi connectivity index (χ1) is 18.3. The zero-order valence-electron chi connectivity index (χ0n) is 22.2. The lowest BCUT2D eigenvalue weighted by Gasteiger charge is -2.30. The lowest BCUT2D eigenvalue weighted by molar-refractivity contribution is -0.192. The molecule has 0 atom stereocenters. The first kappa shape index (κ1) is 32.3. The molecule has 12 heteroatoms. The van der Waals surface area contributed by atoms with Crippen LogP contribution in [0.15, 0.2) is 59.5 Å². The molecule has 216 valence electrons. The summed E-state index contributed by atoms with van der Waals surface area (Å²) in [5.74, 6) is -2.39. The molecular formula is C27H36F3N3O5S. The van der Waals surface area contributed by atoms with Gasteiger partial charge in [-0.3, -0.25) is 4.79 Å². The lowest BCUT2D eigenvalue weighted by atomic mass is 10.0. The summed E-state index contributed by atoms with van der Waals surface area (Å²) in [6.45, 7) is 7.17. The molecule has 3 rings (SSSR count). The van der Waals surface area contributed by atoms with E-state index in [1.165, 1.54) is 4.31 Å². The van der Waals surface area contributed by atoms with Crippen LogP contribution in [0.5, 0.6) is 0 Å². The van der Waals surface area contributed by atoms with Crippen molar-refractivity contribution in [2.24, 2.45) is 5.92 Å². The number of aliphatic carboxylic acids is 1. The second-order valence-corrected chi connectivity index (χ2v) is 11.5. The molecule has 0 saturated carbocycles. The Bertz CT molecular complexity index is 1150. The van der Waals surface area contributed by atoms with Gasteiger partial charge in [-0.1, -0.05) is 56.3 Å². The molecule has 1 saturated heterocycles. The third-order valence-corrected chi connectivity index (χ3v) is 7.80. The average molecular weight is 572 g/mol.